The van der Waals surface area contributed by atoms with E-state index < -0.39 is 30.8 Å². The summed E-state index contributed by atoms with van der Waals surface area (Å²) in [5.74, 6) is -2.10. The number of rotatable bonds is 6. The van der Waals surface area contributed by atoms with Crippen LogP contribution in [0.15, 0.2) is 23.6 Å². The minimum Gasteiger partial charge on any atom is -0.480 e. The zero-order valence-corrected chi connectivity index (χ0v) is 12.8. The highest BCUT2D eigenvalue weighted by atomic mass is 35.5. The molecular formula is C14H12ClF2NO3S. The molecule has 0 radical (unpaired) electrons. The predicted octanol–water partition coefficient (Wildman–Crippen LogP) is 3.32. The molecule has 1 heterocycles. The zero-order chi connectivity index (χ0) is 16.3. The fourth-order valence-corrected chi connectivity index (χ4v) is 3.12. The van der Waals surface area contributed by atoms with Gasteiger partial charge in [0.15, 0.2) is 0 Å². The topological polar surface area (TPSA) is 66.4 Å². The van der Waals surface area contributed by atoms with Crippen LogP contribution in [0.2, 0.25) is 5.02 Å². The van der Waals surface area contributed by atoms with E-state index >= 15 is 0 Å². The van der Waals surface area contributed by atoms with Gasteiger partial charge in [-0.2, -0.15) is 0 Å². The van der Waals surface area contributed by atoms with E-state index in [1.54, 1.807) is 17.5 Å². The van der Waals surface area contributed by atoms with Gasteiger partial charge in [0.2, 0.25) is 12.3 Å². The van der Waals surface area contributed by atoms with Crippen molar-refractivity contribution >= 4 is 44.9 Å². The smallest absolute Gasteiger partial charge is 0.326 e. The summed E-state index contributed by atoms with van der Waals surface area (Å²) in [5.41, 5.74) is 0.682. The largest absolute Gasteiger partial charge is 0.480 e. The lowest BCUT2D eigenvalue weighted by atomic mass is 10.1. The van der Waals surface area contributed by atoms with Crippen LogP contribution in [-0.4, -0.2) is 29.5 Å². The van der Waals surface area contributed by atoms with Crippen LogP contribution in [0.1, 0.15) is 12.0 Å². The standard InChI is InChI=1S/C14H12ClF2NO3S/c15-8-1-2-11-9(4-8)7(6-22-11)3-13(19)18-10(14(20)21)5-12(16)17/h1-2,4,6,10,12H,3,5H2,(H,18,19)(H,20,21). The number of alkyl halides is 2. The molecule has 0 saturated heterocycles. The molecule has 1 amide bonds. The fraction of sp³-hybridized carbons (Fsp3) is 0.286. The van der Waals surface area contributed by atoms with E-state index in [1.807, 2.05) is 6.07 Å². The van der Waals surface area contributed by atoms with Crippen LogP contribution in [0.3, 0.4) is 0 Å². The van der Waals surface area contributed by atoms with Crippen molar-refractivity contribution in [3.05, 3.63) is 34.2 Å². The average molecular weight is 348 g/mol. The van der Waals surface area contributed by atoms with Gasteiger partial charge in [-0.15, -0.1) is 11.3 Å². The van der Waals surface area contributed by atoms with Crippen molar-refractivity contribution in [2.75, 3.05) is 0 Å². The molecule has 2 aromatic rings. The molecule has 8 heteroatoms. The Kier molecular flexibility index (Phi) is 5.31. The van der Waals surface area contributed by atoms with Crippen LogP contribution in [0.5, 0.6) is 0 Å². The number of nitrogens with one attached hydrogen (secondary N) is 1. The Balaban J connectivity index is 2.10. The molecule has 0 spiro atoms. The highest BCUT2D eigenvalue weighted by Crippen LogP contribution is 2.29. The van der Waals surface area contributed by atoms with Gasteiger partial charge in [0.1, 0.15) is 6.04 Å². The molecule has 1 atom stereocenters. The number of carbonyl (C=O) groups excluding carboxylic acids is 1. The molecule has 0 bridgehead atoms. The Bertz CT molecular complexity index is 704. The summed E-state index contributed by atoms with van der Waals surface area (Å²) in [4.78, 5) is 22.8. The van der Waals surface area contributed by atoms with Gasteiger partial charge < -0.3 is 10.4 Å². The summed E-state index contributed by atoms with van der Waals surface area (Å²) in [5, 5.41) is 14.0. The average Bonchev–Trinajstić information content (AvgIpc) is 2.80. The van der Waals surface area contributed by atoms with Gasteiger partial charge in [-0.1, -0.05) is 11.6 Å². The third kappa shape index (κ3) is 4.14. The third-order valence-electron chi connectivity index (χ3n) is 3.01. The van der Waals surface area contributed by atoms with Crippen LogP contribution < -0.4 is 5.32 Å². The molecule has 1 unspecified atom stereocenters. The molecular weight excluding hydrogens is 336 g/mol. The first-order valence-corrected chi connectivity index (χ1v) is 7.58. The van der Waals surface area contributed by atoms with E-state index in [2.05, 4.69) is 5.32 Å². The molecule has 2 N–H and O–H groups in total. The van der Waals surface area contributed by atoms with E-state index in [9.17, 15) is 18.4 Å². The monoisotopic (exact) mass is 347 g/mol. The van der Waals surface area contributed by atoms with Crippen LogP contribution in [-0.2, 0) is 16.0 Å². The molecule has 0 fully saturated rings. The summed E-state index contributed by atoms with van der Waals surface area (Å²) in [6, 6.07) is 3.67. The minimum atomic E-state index is -2.80. The summed E-state index contributed by atoms with van der Waals surface area (Å²) in [6.45, 7) is 0. The summed E-state index contributed by atoms with van der Waals surface area (Å²) in [6.07, 6.45) is -3.81. The van der Waals surface area contributed by atoms with Crippen molar-refractivity contribution in [1.82, 2.24) is 5.32 Å². The van der Waals surface area contributed by atoms with Crippen molar-refractivity contribution in [3.63, 3.8) is 0 Å². The Morgan fingerprint density at radius 1 is 1.36 bits per heavy atom. The number of halogens is 3. The van der Waals surface area contributed by atoms with E-state index in [0.29, 0.717) is 10.6 Å². The number of carboxylic acids is 1. The van der Waals surface area contributed by atoms with Gasteiger partial charge in [0.25, 0.3) is 0 Å². The van der Waals surface area contributed by atoms with Crippen molar-refractivity contribution in [2.24, 2.45) is 0 Å². The first-order chi connectivity index (χ1) is 10.4. The first kappa shape index (κ1) is 16.6. The molecule has 0 aliphatic heterocycles. The summed E-state index contributed by atoms with van der Waals surface area (Å²) in [7, 11) is 0. The number of carboxylic acid groups (broad SMARTS) is 1. The van der Waals surface area contributed by atoms with Crippen LogP contribution in [0, 0.1) is 0 Å². The van der Waals surface area contributed by atoms with Gasteiger partial charge in [0, 0.05) is 16.1 Å². The Labute approximate surface area is 133 Å². The molecule has 4 nitrogen and oxygen atoms in total. The van der Waals surface area contributed by atoms with Gasteiger partial charge in [-0.05, 0) is 34.5 Å². The second-order valence-corrected chi connectivity index (χ2v) is 6.01. The van der Waals surface area contributed by atoms with Crippen LogP contribution >= 0.6 is 22.9 Å². The maximum Gasteiger partial charge on any atom is 0.326 e. The number of benzene rings is 1. The van der Waals surface area contributed by atoms with Crippen LogP contribution in [0.4, 0.5) is 8.78 Å². The third-order valence-corrected chi connectivity index (χ3v) is 4.26. The lowest BCUT2D eigenvalue weighted by molar-refractivity contribution is -0.142. The molecule has 22 heavy (non-hydrogen) atoms. The Morgan fingerprint density at radius 2 is 2.09 bits per heavy atom. The molecule has 0 aliphatic rings. The van der Waals surface area contributed by atoms with E-state index in [-0.39, 0.29) is 6.42 Å². The predicted molar refractivity (Wildman–Crippen MR) is 80.7 cm³/mol. The second-order valence-electron chi connectivity index (χ2n) is 4.66. The van der Waals surface area contributed by atoms with Crippen molar-refractivity contribution in [3.8, 4) is 0 Å². The van der Waals surface area contributed by atoms with Gasteiger partial charge >= 0.3 is 5.97 Å². The number of fused-ring (bicyclic) bond motifs is 1. The highest BCUT2D eigenvalue weighted by Gasteiger charge is 2.24. The second kappa shape index (κ2) is 7.02. The van der Waals surface area contributed by atoms with Gasteiger partial charge in [-0.3, -0.25) is 4.79 Å². The first-order valence-electron chi connectivity index (χ1n) is 6.32. The Morgan fingerprint density at radius 3 is 2.73 bits per heavy atom. The fourth-order valence-electron chi connectivity index (χ4n) is 2.01. The SMILES string of the molecule is O=C(Cc1csc2ccc(Cl)cc12)NC(CC(F)F)C(=O)O. The number of hydrogen-bond acceptors (Lipinski definition) is 3. The Hall–Kier alpha value is -1.73. The normalized spacial score (nSPS) is 12.5. The number of carbonyl (C=O) groups is 2. The van der Waals surface area contributed by atoms with E-state index in [0.717, 1.165) is 10.1 Å². The van der Waals surface area contributed by atoms with Crippen molar-refractivity contribution < 1.29 is 23.5 Å². The lowest BCUT2D eigenvalue weighted by Crippen LogP contribution is -2.42. The zero-order valence-electron chi connectivity index (χ0n) is 11.2. The number of hydrogen-bond donors (Lipinski definition) is 2. The van der Waals surface area contributed by atoms with Crippen LogP contribution in [0.25, 0.3) is 10.1 Å². The summed E-state index contributed by atoms with van der Waals surface area (Å²) < 4.78 is 25.5. The lowest BCUT2D eigenvalue weighted by Gasteiger charge is -2.13. The van der Waals surface area contributed by atoms with Gasteiger partial charge in [0.05, 0.1) is 6.42 Å². The molecule has 0 aliphatic carbocycles. The quantitative estimate of drug-likeness (QED) is 0.842. The van der Waals surface area contributed by atoms with Crippen molar-refractivity contribution in [1.29, 1.82) is 0 Å². The highest BCUT2D eigenvalue weighted by molar-refractivity contribution is 7.17. The molecule has 1 aromatic carbocycles. The number of aliphatic carboxylic acids is 1. The number of thiophene rings is 1. The summed E-state index contributed by atoms with van der Waals surface area (Å²) >= 11 is 7.34. The van der Waals surface area contributed by atoms with Crippen molar-refractivity contribution in [2.45, 2.75) is 25.3 Å². The minimum absolute atomic E-state index is 0.0899. The molecule has 118 valence electrons. The molecule has 1 aromatic heterocycles. The van der Waals surface area contributed by atoms with E-state index in [4.69, 9.17) is 16.7 Å². The molecule has 0 saturated carbocycles. The van der Waals surface area contributed by atoms with E-state index in [1.165, 1.54) is 11.3 Å². The van der Waals surface area contributed by atoms with Gasteiger partial charge in [-0.25, -0.2) is 13.6 Å². The maximum atomic E-state index is 12.3. The number of amides is 1. The maximum absolute atomic E-state index is 12.3. The molecule has 2 rings (SSSR count).